The molecule has 16 unspecified atom stereocenters. The smallest absolute Gasteiger partial charge is 0.168 e. The lowest BCUT2D eigenvalue weighted by Gasteiger charge is -2.69. The Labute approximate surface area is 241 Å². The van der Waals surface area contributed by atoms with Gasteiger partial charge in [0.1, 0.15) is 49.4 Å². The molecule has 4 rings (SSSR count). The molecule has 45 heavy (non-hydrogen) atoms. The van der Waals surface area contributed by atoms with Crippen LogP contribution in [0.1, 0.15) is 0 Å². The van der Waals surface area contributed by atoms with Crippen LogP contribution in [0.4, 0.5) is 87.8 Å². The number of hydrogen-bond donors (Lipinski definition) is 0. The molecular formula is C24H24BF20-. The number of halogens is 20. The third-order valence-electron chi connectivity index (χ3n) is 10.5. The van der Waals surface area contributed by atoms with Gasteiger partial charge in [-0.1, -0.05) is 23.3 Å². The van der Waals surface area contributed by atoms with Gasteiger partial charge in [0.25, 0.3) is 0 Å². The van der Waals surface area contributed by atoms with Crippen molar-refractivity contribution in [3.63, 3.8) is 0 Å². The fourth-order valence-electron chi connectivity index (χ4n) is 8.60. The molecule has 4 saturated carbocycles. The van der Waals surface area contributed by atoms with Crippen molar-refractivity contribution in [2.45, 2.75) is 147 Å². The van der Waals surface area contributed by atoms with E-state index in [0.717, 1.165) is 0 Å². The lowest BCUT2D eigenvalue weighted by atomic mass is 9.00. The van der Waals surface area contributed by atoms with Crippen LogP contribution in [-0.2, 0) is 0 Å². The Bertz CT molecular complexity index is 808. The number of hydrogen-bond acceptors (Lipinski definition) is 0. The van der Waals surface area contributed by atoms with Crippen LogP contribution in [0.25, 0.3) is 0 Å². The van der Waals surface area contributed by atoms with Crippen LogP contribution in [0.5, 0.6) is 0 Å². The van der Waals surface area contributed by atoms with E-state index in [4.69, 9.17) is 0 Å². The Balaban J connectivity index is 2.20. The second-order valence-electron chi connectivity index (χ2n) is 12.4. The Morgan fingerprint density at radius 3 is 0.356 bits per heavy atom. The van der Waals surface area contributed by atoms with Gasteiger partial charge in [-0.15, -0.1) is 0 Å². The Kier molecular flexibility index (Phi) is 10.2. The minimum Gasteiger partial charge on any atom is -0.247 e. The lowest BCUT2D eigenvalue weighted by molar-refractivity contribution is -0.0861. The first kappa shape index (κ1) is 36.5. The molecule has 4 aliphatic carbocycles. The van der Waals surface area contributed by atoms with E-state index in [1.165, 1.54) is 0 Å². The van der Waals surface area contributed by atoms with Gasteiger partial charge in [0, 0.05) is 6.15 Å². The maximum Gasteiger partial charge on any atom is 0.168 e. The highest BCUT2D eigenvalue weighted by atomic mass is 19.2. The standard InChI is InChI=1S/C24H24BF20/c26-5-1(6(27)14(35)21(42)13(5)34)25(2-7(28)15(36)22(43)16(37)8(2)29,3-9(30)17(38)23(44)18(39)10(3)31)4-11(32)19(40)24(45)20(41)12(4)33/h1-24H/q-1. The molecule has 0 radical (unpaired) electrons. The second-order valence-corrected chi connectivity index (χ2v) is 12.4. The van der Waals surface area contributed by atoms with E-state index >= 15 is 35.1 Å². The SMILES string of the molecule is FC1C(F)C(F)C([B-](C2C(F)C(F)C(F)C(F)C2F)(C2C(F)C(F)C(F)C(F)C2F)C2C(F)C(F)C(F)C(F)C2F)C(F)C1F. The summed E-state index contributed by atoms with van der Waals surface area (Å²) >= 11 is 0. The molecule has 0 N–H and O–H groups in total. The number of alkyl halides is 20. The third kappa shape index (κ3) is 5.01. The second kappa shape index (κ2) is 12.6. The van der Waals surface area contributed by atoms with E-state index in [0.29, 0.717) is 0 Å². The quantitative estimate of drug-likeness (QED) is 0.208. The summed E-state index contributed by atoms with van der Waals surface area (Å²) in [6.45, 7) is 0. The fourth-order valence-corrected chi connectivity index (χ4v) is 8.60. The van der Waals surface area contributed by atoms with E-state index in [1.807, 2.05) is 0 Å². The van der Waals surface area contributed by atoms with Gasteiger partial charge in [0.2, 0.25) is 0 Å². The van der Waals surface area contributed by atoms with Gasteiger partial charge < -0.3 is 0 Å². The van der Waals surface area contributed by atoms with Crippen molar-refractivity contribution in [1.82, 2.24) is 0 Å². The van der Waals surface area contributed by atoms with Gasteiger partial charge in [-0.05, 0) is 0 Å². The molecule has 0 spiro atoms. The molecule has 0 aromatic rings. The van der Waals surface area contributed by atoms with Crippen molar-refractivity contribution >= 4 is 6.15 Å². The third-order valence-corrected chi connectivity index (χ3v) is 10.5. The Morgan fingerprint density at radius 2 is 0.244 bits per heavy atom. The Morgan fingerprint density at radius 1 is 0.156 bits per heavy atom. The first-order chi connectivity index (χ1) is 20.7. The first-order valence-electron chi connectivity index (χ1n) is 13.7. The molecule has 0 heterocycles. The zero-order valence-electron chi connectivity index (χ0n) is 22.0. The maximum absolute atomic E-state index is 15.7. The molecule has 264 valence electrons. The van der Waals surface area contributed by atoms with Crippen LogP contribution in [-0.4, -0.2) is 130 Å². The molecule has 0 nitrogen and oxygen atoms in total. The summed E-state index contributed by atoms with van der Waals surface area (Å²) in [6.07, 6.45) is -90.5. The average Bonchev–Trinajstić information content (AvgIpc) is 3.00. The van der Waals surface area contributed by atoms with Gasteiger partial charge in [0.15, 0.2) is 74.1 Å². The summed E-state index contributed by atoms with van der Waals surface area (Å²) in [5.41, 5.74) is 0. The van der Waals surface area contributed by atoms with Crippen molar-refractivity contribution in [3.05, 3.63) is 0 Å². The van der Waals surface area contributed by atoms with Crippen molar-refractivity contribution in [2.24, 2.45) is 0 Å². The van der Waals surface area contributed by atoms with Gasteiger partial charge in [-0.25, -0.2) is 87.8 Å². The van der Waals surface area contributed by atoms with Gasteiger partial charge in [-0.3, -0.25) is 0 Å². The van der Waals surface area contributed by atoms with Gasteiger partial charge in [0.05, 0.1) is 0 Å². The summed E-state index contributed by atoms with van der Waals surface area (Å²) in [5, 5.41) is 0. The molecule has 0 aromatic carbocycles. The van der Waals surface area contributed by atoms with Crippen molar-refractivity contribution < 1.29 is 87.8 Å². The predicted molar refractivity (Wildman–Crippen MR) is 119 cm³/mol. The van der Waals surface area contributed by atoms with Crippen LogP contribution in [0.15, 0.2) is 0 Å². The molecule has 0 amide bonds. The highest BCUT2D eigenvalue weighted by molar-refractivity contribution is 6.86. The topological polar surface area (TPSA) is 0 Å². The van der Waals surface area contributed by atoms with Crippen molar-refractivity contribution in [3.8, 4) is 0 Å². The minimum atomic E-state index is -6.37. The minimum absolute atomic E-state index is 3.95. The molecule has 0 saturated heterocycles. The van der Waals surface area contributed by atoms with Crippen LogP contribution in [0.2, 0.25) is 23.3 Å². The van der Waals surface area contributed by atoms with E-state index in [1.54, 1.807) is 0 Å². The van der Waals surface area contributed by atoms with Crippen molar-refractivity contribution in [2.75, 3.05) is 0 Å². The number of rotatable bonds is 4. The summed E-state index contributed by atoms with van der Waals surface area (Å²) < 4.78 is 301. The summed E-state index contributed by atoms with van der Waals surface area (Å²) in [5.74, 6) is -17.1. The van der Waals surface area contributed by atoms with Crippen molar-refractivity contribution in [1.29, 1.82) is 0 Å². The highest BCUT2D eigenvalue weighted by Gasteiger charge is 2.75. The van der Waals surface area contributed by atoms with Crippen LogP contribution in [0.3, 0.4) is 0 Å². The van der Waals surface area contributed by atoms with Crippen LogP contribution in [0, 0.1) is 0 Å². The van der Waals surface area contributed by atoms with E-state index in [2.05, 4.69) is 0 Å². The molecule has 0 aromatic heterocycles. The van der Waals surface area contributed by atoms with E-state index in [9.17, 15) is 52.7 Å². The molecule has 0 bridgehead atoms. The van der Waals surface area contributed by atoms with Gasteiger partial charge in [-0.2, -0.15) is 0 Å². The molecule has 4 aliphatic rings. The average molecular weight is 703 g/mol. The van der Waals surface area contributed by atoms with Crippen LogP contribution < -0.4 is 0 Å². The first-order valence-corrected chi connectivity index (χ1v) is 13.7. The zero-order valence-corrected chi connectivity index (χ0v) is 22.0. The Hall–Kier alpha value is -1.34. The molecule has 21 heteroatoms. The normalized spacial score (nSPS) is 61.1. The molecule has 4 fully saturated rings. The maximum atomic E-state index is 15.7. The largest absolute Gasteiger partial charge is 0.247 e. The lowest BCUT2D eigenvalue weighted by Crippen LogP contribution is -2.77. The molecule has 0 aliphatic heterocycles. The predicted octanol–water partition coefficient (Wildman–Crippen LogP) is 7.73. The van der Waals surface area contributed by atoms with Crippen LogP contribution >= 0.6 is 0 Å². The monoisotopic (exact) mass is 703 g/mol. The highest BCUT2D eigenvalue weighted by Crippen LogP contribution is 2.68. The summed E-state index contributed by atoms with van der Waals surface area (Å²) in [7, 11) is 0. The molecular weight excluding hydrogens is 679 g/mol. The van der Waals surface area contributed by atoms with Gasteiger partial charge >= 0.3 is 0 Å². The summed E-state index contributed by atoms with van der Waals surface area (Å²) in [6, 6.07) is 0. The fraction of sp³-hybridized carbons (Fsp3) is 1.00. The van der Waals surface area contributed by atoms with E-state index < -0.39 is 153 Å². The molecule has 16 atom stereocenters. The zero-order chi connectivity index (χ0) is 34.4. The van der Waals surface area contributed by atoms with E-state index in [-0.39, 0.29) is 0 Å². The summed E-state index contributed by atoms with van der Waals surface area (Å²) in [4.78, 5) is 0.